The molecule has 1 aliphatic heterocycles. The fraction of sp³-hybridized carbons (Fsp3) is 0.750. The molecule has 0 aromatic carbocycles. The summed E-state index contributed by atoms with van der Waals surface area (Å²) in [5.41, 5.74) is 5.11. The van der Waals surface area contributed by atoms with Gasteiger partial charge in [0.2, 0.25) is 5.91 Å². The number of guanidine groups is 1. The average Bonchev–Trinajstić information content (AvgIpc) is 2.81. The monoisotopic (exact) mass is 516 g/mol. The van der Waals surface area contributed by atoms with E-state index in [2.05, 4.69) is 17.6 Å². The van der Waals surface area contributed by atoms with Gasteiger partial charge >= 0.3 is 11.9 Å². The summed E-state index contributed by atoms with van der Waals surface area (Å²) in [4.78, 5) is 35.1. The van der Waals surface area contributed by atoms with Crippen molar-refractivity contribution in [2.24, 2.45) is 5.73 Å². The summed E-state index contributed by atoms with van der Waals surface area (Å²) >= 11 is 0. The first-order valence-electron chi connectivity index (χ1n) is 12.5. The zero-order valence-corrected chi connectivity index (χ0v) is 21.2. The van der Waals surface area contributed by atoms with Crippen LogP contribution in [-0.2, 0) is 23.9 Å². The van der Waals surface area contributed by atoms with Gasteiger partial charge in [0.1, 0.15) is 18.8 Å². The number of carbonyl (C=O) groups is 3. The van der Waals surface area contributed by atoms with Gasteiger partial charge in [-0.15, -0.1) is 0 Å². The molecular weight excluding hydrogens is 475 g/mol. The number of ether oxygens (including phenoxy) is 2. The van der Waals surface area contributed by atoms with Crippen LogP contribution in [0.5, 0.6) is 0 Å². The second kappa shape index (κ2) is 16.9. The number of amides is 1. The van der Waals surface area contributed by atoms with Gasteiger partial charge in [0.15, 0.2) is 18.2 Å². The Morgan fingerprint density at radius 2 is 1.72 bits per heavy atom. The Balaban J connectivity index is 2.62. The smallest absolute Gasteiger partial charge is 0.333 e. The molecule has 3 unspecified atom stereocenters. The van der Waals surface area contributed by atoms with E-state index < -0.39 is 54.9 Å². The lowest BCUT2D eigenvalue weighted by atomic mass is 9.98. The first-order chi connectivity index (χ1) is 17.1. The third-order valence-electron chi connectivity index (χ3n) is 5.74. The second-order valence-electron chi connectivity index (χ2n) is 8.97. The zero-order valence-electron chi connectivity index (χ0n) is 21.2. The fourth-order valence-electron chi connectivity index (χ4n) is 3.88. The highest BCUT2D eigenvalue weighted by Gasteiger charge is 2.42. The second-order valence-corrected chi connectivity index (χ2v) is 8.97. The molecule has 1 aliphatic rings. The van der Waals surface area contributed by atoms with Crippen molar-refractivity contribution in [1.29, 1.82) is 5.41 Å². The number of aliphatic carboxylic acids is 1. The Kier molecular flexibility index (Phi) is 14.7. The first kappa shape index (κ1) is 31.3. The predicted molar refractivity (Wildman–Crippen MR) is 131 cm³/mol. The van der Waals surface area contributed by atoms with Gasteiger partial charge < -0.3 is 36.1 Å². The maximum atomic E-state index is 15.2. The number of alkyl halides is 1. The molecule has 1 amide bonds. The number of unbranched alkanes of at least 4 members (excludes halogenated alkanes) is 8. The van der Waals surface area contributed by atoms with E-state index in [4.69, 9.17) is 20.6 Å². The molecule has 12 heteroatoms. The first-order valence-corrected chi connectivity index (χ1v) is 12.5. The molecule has 0 saturated carbocycles. The van der Waals surface area contributed by atoms with Crippen LogP contribution >= 0.6 is 0 Å². The van der Waals surface area contributed by atoms with E-state index in [1.807, 2.05) is 0 Å². The highest BCUT2D eigenvalue weighted by atomic mass is 19.1. The lowest BCUT2D eigenvalue weighted by molar-refractivity contribution is -0.162. The third kappa shape index (κ3) is 11.8. The number of aliphatic hydroxyl groups excluding tert-OH is 1. The number of carbonyl (C=O) groups excluding carboxylic acids is 2. The van der Waals surface area contributed by atoms with Crippen molar-refractivity contribution in [3.8, 4) is 0 Å². The van der Waals surface area contributed by atoms with Crippen LogP contribution in [0.1, 0.15) is 84.5 Å². The lowest BCUT2D eigenvalue weighted by Gasteiger charge is -2.35. The molecule has 11 nitrogen and oxygen atoms in total. The lowest BCUT2D eigenvalue weighted by Crippen LogP contribution is -2.51. The van der Waals surface area contributed by atoms with Crippen LogP contribution in [0.15, 0.2) is 11.4 Å². The Morgan fingerprint density at radius 1 is 1.14 bits per heavy atom. The van der Waals surface area contributed by atoms with Gasteiger partial charge in [0, 0.05) is 25.5 Å². The minimum absolute atomic E-state index is 0.0291. The van der Waals surface area contributed by atoms with E-state index in [1.54, 1.807) is 0 Å². The summed E-state index contributed by atoms with van der Waals surface area (Å²) in [6.07, 6.45) is 2.25. The fourth-order valence-corrected chi connectivity index (χ4v) is 3.88. The topological polar surface area (TPSA) is 184 Å². The Hall–Kier alpha value is -2.73. The van der Waals surface area contributed by atoms with Crippen LogP contribution in [0.3, 0.4) is 0 Å². The molecule has 0 spiro atoms. The van der Waals surface area contributed by atoms with Crippen molar-refractivity contribution in [2.75, 3.05) is 6.61 Å². The minimum atomic E-state index is -2.25. The third-order valence-corrected chi connectivity index (χ3v) is 5.74. The molecule has 0 saturated heterocycles. The number of rotatable bonds is 17. The molecule has 0 fully saturated rings. The minimum Gasteiger partial charge on any atom is -0.479 e. The number of carboxylic acid groups (broad SMARTS) is 1. The van der Waals surface area contributed by atoms with Crippen LogP contribution < -0.4 is 16.4 Å². The van der Waals surface area contributed by atoms with Crippen LogP contribution in [0.25, 0.3) is 0 Å². The van der Waals surface area contributed by atoms with Gasteiger partial charge in [0.25, 0.3) is 0 Å². The van der Waals surface area contributed by atoms with Gasteiger partial charge in [-0.1, -0.05) is 58.3 Å². The number of halogens is 1. The van der Waals surface area contributed by atoms with Gasteiger partial charge in [-0.2, -0.15) is 0 Å². The van der Waals surface area contributed by atoms with E-state index >= 15 is 4.39 Å². The van der Waals surface area contributed by atoms with E-state index in [-0.39, 0.29) is 24.2 Å². The van der Waals surface area contributed by atoms with E-state index in [0.29, 0.717) is 6.42 Å². The van der Waals surface area contributed by atoms with Gasteiger partial charge in [-0.25, -0.2) is 9.18 Å². The Bertz CT molecular complexity index is 778. The number of esters is 1. The van der Waals surface area contributed by atoms with Crippen LogP contribution in [0, 0.1) is 5.41 Å². The number of carboxylic acids is 1. The molecule has 0 aromatic heterocycles. The standard InChI is InChI=1S/C24H41FN4O7/c1-3-4-5-6-7-8-9-10-11-12-19(32)35-14-17(31)20(25)22-21(28-15(2)30)16(29-24(26)27)13-18(36-22)23(33)34/h17-18,20,22,31H,3-14H2,1-2H3,(H,28,30)(H,33,34)(H4,26,27,29)/t17?,18-,20?,22?/m0/s1. The van der Waals surface area contributed by atoms with Gasteiger partial charge in [-0.05, 0) is 6.42 Å². The molecule has 0 aromatic rings. The highest BCUT2D eigenvalue weighted by Crippen LogP contribution is 2.28. The average molecular weight is 517 g/mol. The molecule has 4 atom stereocenters. The summed E-state index contributed by atoms with van der Waals surface area (Å²) in [7, 11) is 0. The molecule has 0 bridgehead atoms. The number of nitrogens with two attached hydrogens (primary N) is 1. The number of nitrogens with one attached hydrogen (secondary N) is 3. The molecule has 1 rings (SSSR count). The van der Waals surface area contributed by atoms with Crippen LogP contribution in [0.2, 0.25) is 0 Å². The van der Waals surface area contributed by atoms with Gasteiger partial charge in [0.05, 0.1) is 5.70 Å². The van der Waals surface area contributed by atoms with Crippen molar-refractivity contribution in [3.05, 3.63) is 11.4 Å². The molecule has 0 aliphatic carbocycles. The quantitative estimate of drug-likeness (QED) is 0.0730. The largest absolute Gasteiger partial charge is 0.479 e. The summed E-state index contributed by atoms with van der Waals surface area (Å²) < 4.78 is 25.5. The zero-order chi connectivity index (χ0) is 27.1. The normalized spacial score (nSPS) is 19.3. The van der Waals surface area contributed by atoms with Gasteiger partial charge in [-0.3, -0.25) is 15.0 Å². The Morgan fingerprint density at radius 3 is 2.25 bits per heavy atom. The summed E-state index contributed by atoms with van der Waals surface area (Å²) in [6.45, 7) is 2.66. The summed E-state index contributed by atoms with van der Waals surface area (Å²) in [5.74, 6) is -3.14. The van der Waals surface area contributed by atoms with E-state index in [1.165, 1.54) is 32.1 Å². The molecule has 36 heavy (non-hydrogen) atoms. The maximum Gasteiger partial charge on any atom is 0.333 e. The predicted octanol–water partition coefficient (Wildman–Crippen LogP) is 2.22. The van der Waals surface area contributed by atoms with E-state index in [9.17, 15) is 24.6 Å². The molecule has 206 valence electrons. The number of hydrogen-bond acceptors (Lipinski definition) is 7. The molecule has 0 radical (unpaired) electrons. The summed E-state index contributed by atoms with van der Waals surface area (Å²) in [5, 5.41) is 31.8. The number of aliphatic hydroxyl groups is 1. The van der Waals surface area contributed by atoms with Crippen molar-refractivity contribution in [3.63, 3.8) is 0 Å². The van der Waals surface area contributed by atoms with E-state index in [0.717, 1.165) is 26.2 Å². The highest BCUT2D eigenvalue weighted by molar-refractivity contribution is 5.79. The van der Waals surface area contributed by atoms with Crippen molar-refractivity contribution in [1.82, 2.24) is 10.6 Å². The maximum absolute atomic E-state index is 15.2. The van der Waals surface area contributed by atoms with Crippen LogP contribution in [0.4, 0.5) is 4.39 Å². The summed E-state index contributed by atoms with van der Waals surface area (Å²) in [6, 6.07) is 0. The van der Waals surface area contributed by atoms with Crippen molar-refractivity contribution < 1.29 is 38.5 Å². The van der Waals surface area contributed by atoms with Crippen LogP contribution in [-0.4, -0.2) is 65.1 Å². The van der Waals surface area contributed by atoms with Crippen molar-refractivity contribution >= 4 is 23.8 Å². The molecule has 1 heterocycles. The molecule has 7 N–H and O–H groups in total. The van der Waals surface area contributed by atoms with Crippen molar-refractivity contribution in [2.45, 2.75) is 109 Å². The number of hydrogen-bond donors (Lipinski definition) is 6. The Labute approximate surface area is 211 Å². The molecular formula is C24H41FN4O7. The SMILES string of the molecule is CCCCCCCCCCCC(=O)OCC(O)C(F)C1O[C@H](C(=O)O)CC(NC(=N)N)=C1NC(C)=O.